The molecule has 0 radical (unpaired) electrons. The van der Waals surface area contributed by atoms with Gasteiger partial charge in [0.1, 0.15) is 0 Å². The Labute approximate surface area is 109 Å². The molecule has 1 rings (SSSR count). The Morgan fingerprint density at radius 2 is 1.94 bits per heavy atom. The summed E-state index contributed by atoms with van der Waals surface area (Å²) < 4.78 is 0. The molecule has 1 atom stereocenters. The van der Waals surface area contributed by atoms with E-state index >= 15 is 0 Å². The van der Waals surface area contributed by atoms with Crippen LogP contribution in [0.2, 0.25) is 0 Å². The molecule has 0 amide bonds. The molecule has 0 heterocycles. The second kappa shape index (κ2) is 6.90. The molecule has 2 heteroatoms. The SMILES string of the molecule is C=C(N=C(CC)C(C)Cc1ccccc1)C(C)=O. The summed E-state index contributed by atoms with van der Waals surface area (Å²) in [7, 11) is 0. The highest BCUT2D eigenvalue weighted by Gasteiger charge is 2.11. The molecule has 2 nitrogen and oxygen atoms in total. The van der Waals surface area contributed by atoms with Gasteiger partial charge in [-0.25, -0.2) is 0 Å². The quantitative estimate of drug-likeness (QED) is 0.551. The van der Waals surface area contributed by atoms with Gasteiger partial charge in [-0.15, -0.1) is 0 Å². The van der Waals surface area contributed by atoms with Crippen LogP contribution in [0.1, 0.15) is 32.8 Å². The maximum absolute atomic E-state index is 11.2. The first kappa shape index (κ1) is 14.4. The molecule has 18 heavy (non-hydrogen) atoms. The molecule has 0 bridgehead atoms. The van der Waals surface area contributed by atoms with Gasteiger partial charge in [-0.1, -0.05) is 50.8 Å². The lowest BCUT2D eigenvalue weighted by molar-refractivity contribution is -0.113. The fourth-order valence-corrected chi connectivity index (χ4v) is 1.88. The summed E-state index contributed by atoms with van der Waals surface area (Å²) in [6, 6.07) is 10.3. The third-order valence-corrected chi connectivity index (χ3v) is 3.00. The number of aliphatic imine (C=N–C) groups is 1. The molecule has 0 aliphatic rings. The predicted octanol–water partition coefficient (Wildman–Crippen LogP) is 3.82. The summed E-state index contributed by atoms with van der Waals surface area (Å²) >= 11 is 0. The van der Waals surface area contributed by atoms with Crippen molar-refractivity contribution in [2.75, 3.05) is 0 Å². The van der Waals surface area contributed by atoms with Crippen LogP contribution in [-0.4, -0.2) is 11.5 Å². The zero-order valence-corrected chi connectivity index (χ0v) is 11.4. The highest BCUT2D eigenvalue weighted by molar-refractivity contribution is 5.97. The molecule has 0 saturated carbocycles. The summed E-state index contributed by atoms with van der Waals surface area (Å²) in [5.74, 6) is 0.265. The van der Waals surface area contributed by atoms with Crippen molar-refractivity contribution in [2.45, 2.75) is 33.6 Å². The van der Waals surface area contributed by atoms with E-state index in [9.17, 15) is 4.79 Å². The first-order chi connectivity index (χ1) is 8.54. The number of carbonyl (C=O) groups excluding carboxylic acids is 1. The molecule has 1 aromatic carbocycles. The number of ketones is 1. The average Bonchev–Trinajstić information content (AvgIpc) is 2.36. The maximum atomic E-state index is 11.2. The molecule has 0 N–H and O–H groups in total. The van der Waals surface area contributed by atoms with Gasteiger partial charge in [-0.3, -0.25) is 9.79 Å². The Morgan fingerprint density at radius 1 is 1.33 bits per heavy atom. The van der Waals surface area contributed by atoms with E-state index in [2.05, 4.69) is 37.6 Å². The van der Waals surface area contributed by atoms with Gasteiger partial charge in [-0.2, -0.15) is 0 Å². The van der Waals surface area contributed by atoms with Crippen LogP contribution >= 0.6 is 0 Å². The molecule has 0 aliphatic carbocycles. The summed E-state index contributed by atoms with van der Waals surface area (Å²) in [6.45, 7) is 9.40. The van der Waals surface area contributed by atoms with E-state index in [1.165, 1.54) is 12.5 Å². The summed E-state index contributed by atoms with van der Waals surface area (Å²) in [5, 5.41) is 0. The minimum atomic E-state index is -0.0622. The molecule has 1 unspecified atom stereocenters. The number of benzene rings is 1. The van der Waals surface area contributed by atoms with Crippen molar-refractivity contribution in [1.29, 1.82) is 0 Å². The first-order valence-electron chi connectivity index (χ1n) is 6.35. The number of carbonyl (C=O) groups is 1. The van der Waals surface area contributed by atoms with Gasteiger partial charge < -0.3 is 0 Å². The van der Waals surface area contributed by atoms with Crippen LogP contribution in [-0.2, 0) is 11.2 Å². The molecule has 1 aromatic rings. The van der Waals surface area contributed by atoms with E-state index in [1.54, 1.807) is 0 Å². The van der Waals surface area contributed by atoms with Crippen LogP contribution in [0.4, 0.5) is 0 Å². The van der Waals surface area contributed by atoms with Crippen molar-refractivity contribution in [3.8, 4) is 0 Å². The van der Waals surface area contributed by atoms with Gasteiger partial charge in [0.25, 0.3) is 0 Å². The Balaban J connectivity index is 2.77. The van der Waals surface area contributed by atoms with Crippen LogP contribution in [0.25, 0.3) is 0 Å². The molecular formula is C16H21NO. The number of Topliss-reactive ketones (excluding diaryl/α,β-unsaturated/α-hetero) is 1. The van der Waals surface area contributed by atoms with Gasteiger partial charge in [0.15, 0.2) is 5.78 Å². The second-order valence-corrected chi connectivity index (χ2v) is 4.55. The van der Waals surface area contributed by atoms with Crippen LogP contribution in [0.15, 0.2) is 47.6 Å². The largest absolute Gasteiger partial charge is 0.293 e. The molecule has 0 fully saturated rings. The Morgan fingerprint density at radius 3 is 2.44 bits per heavy atom. The summed E-state index contributed by atoms with van der Waals surface area (Å²) in [4.78, 5) is 15.5. The number of hydrogen-bond donors (Lipinski definition) is 0. The lowest BCUT2D eigenvalue weighted by atomic mass is 9.95. The van der Waals surface area contributed by atoms with E-state index in [4.69, 9.17) is 0 Å². The van der Waals surface area contributed by atoms with Gasteiger partial charge in [0, 0.05) is 12.6 Å². The lowest BCUT2D eigenvalue weighted by Gasteiger charge is -2.14. The highest BCUT2D eigenvalue weighted by Crippen LogP contribution is 2.13. The van der Waals surface area contributed by atoms with Crippen molar-refractivity contribution in [3.05, 3.63) is 48.2 Å². The molecule has 0 aromatic heterocycles. The number of nitrogens with zero attached hydrogens (tertiary/aromatic N) is 1. The summed E-state index contributed by atoms with van der Waals surface area (Å²) in [5.41, 5.74) is 2.69. The number of allylic oxidation sites excluding steroid dienone is 1. The Hall–Kier alpha value is -1.70. The van der Waals surface area contributed by atoms with Gasteiger partial charge in [0.2, 0.25) is 0 Å². The van der Waals surface area contributed by atoms with Gasteiger partial charge in [-0.05, 0) is 24.3 Å². The maximum Gasteiger partial charge on any atom is 0.177 e. The second-order valence-electron chi connectivity index (χ2n) is 4.55. The zero-order valence-electron chi connectivity index (χ0n) is 11.4. The van der Waals surface area contributed by atoms with Crippen LogP contribution in [0.5, 0.6) is 0 Å². The third-order valence-electron chi connectivity index (χ3n) is 3.00. The zero-order chi connectivity index (χ0) is 13.5. The summed E-state index contributed by atoms with van der Waals surface area (Å²) in [6.07, 6.45) is 1.79. The van der Waals surface area contributed by atoms with E-state index in [1.807, 2.05) is 18.2 Å². The van der Waals surface area contributed by atoms with Crippen molar-refractivity contribution in [1.82, 2.24) is 0 Å². The molecule has 96 valence electrons. The smallest absolute Gasteiger partial charge is 0.177 e. The van der Waals surface area contributed by atoms with E-state index in [0.717, 1.165) is 18.6 Å². The van der Waals surface area contributed by atoms with E-state index in [-0.39, 0.29) is 5.78 Å². The fourth-order valence-electron chi connectivity index (χ4n) is 1.88. The Bertz CT molecular complexity index is 445. The molecule has 0 spiro atoms. The standard InChI is InChI=1S/C16H21NO/c1-5-16(17-13(3)14(4)18)12(2)11-15-9-7-6-8-10-15/h6-10,12H,3,5,11H2,1-2,4H3. The van der Waals surface area contributed by atoms with Gasteiger partial charge >= 0.3 is 0 Å². The first-order valence-corrected chi connectivity index (χ1v) is 6.35. The van der Waals surface area contributed by atoms with E-state index in [0.29, 0.717) is 11.6 Å². The van der Waals surface area contributed by atoms with Crippen molar-refractivity contribution < 1.29 is 4.79 Å². The molecule has 0 saturated heterocycles. The minimum absolute atomic E-state index is 0.0622. The minimum Gasteiger partial charge on any atom is -0.293 e. The Kier molecular flexibility index (Phi) is 5.50. The van der Waals surface area contributed by atoms with Crippen LogP contribution in [0, 0.1) is 5.92 Å². The highest BCUT2D eigenvalue weighted by atomic mass is 16.1. The number of hydrogen-bond acceptors (Lipinski definition) is 2. The van der Waals surface area contributed by atoms with Crippen molar-refractivity contribution in [3.63, 3.8) is 0 Å². The van der Waals surface area contributed by atoms with Crippen LogP contribution < -0.4 is 0 Å². The van der Waals surface area contributed by atoms with E-state index < -0.39 is 0 Å². The van der Waals surface area contributed by atoms with Gasteiger partial charge in [0.05, 0.1) is 5.70 Å². The normalized spacial score (nSPS) is 13.2. The van der Waals surface area contributed by atoms with Crippen LogP contribution in [0.3, 0.4) is 0 Å². The third kappa shape index (κ3) is 4.28. The predicted molar refractivity (Wildman–Crippen MR) is 76.9 cm³/mol. The lowest BCUT2D eigenvalue weighted by Crippen LogP contribution is -2.14. The number of rotatable bonds is 6. The monoisotopic (exact) mass is 243 g/mol. The fraction of sp³-hybridized carbons (Fsp3) is 0.375. The molecular weight excluding hydrogens is 222 g/mol. The molecule has 0 aliphatic heterocycles. The van der Waals surface area contributed by atoms with Crippen molar-refractivity contribution >= 4 is 11.5 Å². The average molecular weight is 243 g/mol. The topological polar surface area (TPSA) is 29.4 Å². The van der Waals surface area contributed by atoms with Crippen molar-refractivity contribution in [2.24, 2.45) is 10.9 Å².